The fraction of sp³-hybridized carbons (Fsp3) is 0.300. The van der Waals surface area contributed by atoms with Gasteiger partial charge < -0.3 is 10.4 Å². The molecule has 0 saturated carbocycles. The highest BCUT2D eigenvalue weighted by Gasteiger charge is 2.15. The zero-order valence-corrected chi connectivity index (χ0v) is 9.90. The van der Waals surface area contributed by atoms with Crippen LogP contribution in [0.3, 0.4) is 0 Å². The monoisotopic (exact) mass is 269 g/mol. The van der Waals surface area contributed by atoms with E-state index in [0.717, 1.165) is 22.9 Å². The average molecular weight is 269 g/mol. The summed E-state index contributed by atoms with van der Waals surface area (Å²) in [5, 5.41) is 21.3. The van der Waals surface area contributed by atoms with Gasteiger partial charge in [-0.2, -0.15) is 0 Å². The maximum absolute atomic E-state index is 11.5. The number of aromatic nitrogens is 1. The summed E-state index contributed by atoms with van der Waals surface area (Å²) >= 11 is 0. The van der Waals surface area contributed by atoms with Gasteiger partial charge in [-0.25, -0.2) is 0 Å². The molecule has 0 radical (unpaired) electrons. The quantitative estimate of drug-likeness (QED) is 0.539. The normalized spacial score (nSPS) is 11.6. The second kappa shape index (κ2) is 5.76. The first-order valence-corrected chi connectivity index (χ1v) is 5.18. The number of carboxylic acid groups (broad SMARTS) is 1. The van der Waals surface area contributed by atoms with Crippen LogP contribution in [0.2, 0.25) is 0 Å². The Labute approximate surface area is 106 Å². The SMILES string of the molecule is CC(NC(=O)Cn1cc([N+](=O)[O-])ccc1=O)C(=O)O. The lowest BCUT2D eigenvalue weighted by Crippen LogP contribution is -2.41. The predicted octanol–water partition coefficient (Wildman–Crippen LogP) is -0.654. The van der Waals surface area contributed by atoms with E-state index in [9.17, 15) is 24.5 Å². The van der Waals surface area contributed by atoms with E-state index in [1.807, 2.05) is 0 Å². The van der Waals surface area contributed by atoms with Gasteiger partial charge in [0.15, 0.2) is 0 Å². The number of nitrogens with one attached hydrogen (secondary N) is 1. The molecule has 9 heteroatoms. The first-order chi connectivity index (χ1) is 8.81. The molecule has 0 saturated heterocycles. The van der Waals surface area contributed by atoms with E-state index in [2.05, 4.69) is 5.32 Å². The van der Waals surface area contributed by atoms with E-state index in [4.69, 9.17) is 5.11 Å². The molecule has 1 aromatic heterocycles. The summed E-state index contributed by atoms with van der Waals surface area (Å²) in [6, 6.07) is 0.879. The van der Waals surface area contributed by atoms with Crippen LogP contribution in [0, 0.1) is 10.1 Å². The molecular weight excluding hydrogens is 258 g/mol. The van der Waals surface area contributed by atoms with Crippen LogP contribution in [-0.4, -0.2) is 32.5 Å². The Morgan fingerprint density at radius 2 is 2.16 bits per heavy atom. The van der Waals surface area contributed by atoms with Gasteiger partial charge in [0.2, 0.25) is 5.91 Å². The minimum absolute atomic E-state index is 0.335. The number of amides is 1. The summed E-state index contributed by atoms with van der Waals surface area (Å²) in [5.41, 5.74) is -0.928. The van der Waals surface area contributed by atoms with E-state index in [-0.39, 0.29) is 5.69 Å². The minimum Gasteiger partial charge on any atom is -0.480 e. The van der Waals surface area contributed by atoms with Gasteiger partial charge in [-0.15, -0.1) is 0 Å². The molecule has 1 aromatic rings. The molecule has 0 fully saturated rings. The smallest absolute Gasteiger partial charge is 0.325 e. The van der Waals surface area contributed by atoms with Crippen molar-refractivity contribution >= 4 is 17.6 Å². The third kappa shape index (κ3) is 3.91. The number of rotatable bonds is 5. The van der Waals surface area contributed by atoms with E-state index >= 15 is 0 Å². The Bertz CT molecular complexity index is 579. The van der Waals surface area contributed by atoms with Crippen molar-refractivity contribution in [2.75, 3.05) is 0 Å². The highest BCUT2D eigenvalue weighted by Crippen LogP contribution is 2.06. The standard InChI is InChI=1S/C10H11N3O6/c1-6(10(16)17)11-8(14)5-12-4-7(13(18)19)2-3-9(12)15/h2-4,6H,5H2,1H3,(H,11,14)(H,16,17). The third-order valence-corrected chi connectivity index (χ3v) is 2.24. The Hall–Kier alpha value is -2.71. The topological polar surface area (TPSA) is 132 Å². The summed E-state index contributed by atoms with van der Waals surface area (Å²) in [6.45, 7) is 0.772. The molecule has 1 heterocycles. The fourth-order valence-corrected chi connectivity index (χ4v) is 1.25. The largest absolute Gasteiger partial charge is 0.480 e. The number of aliphatic carboxylic acids is 1. The number of nitrogens with zero attached hydrogens (tertiary/aromatic N) is 2. The van der Waals surface area contributed by atoms with Gasteiger partial charge in [0, 0.05) is 12.1 Å². The van der Waals surface area contributed by atoms with Crippen molar-refractivity contribution in [2.24, 2.45) is 0 Å². The Morgan fingerprint density at radius 3 is 2.68 bits per heavy atom. The molecule has 1 atom stereocenters. The van der Waals surface area contributed by atoms with Crippen molar-refractivity contribution in [1.82, 2.24) is 9.88 Å². The summed E-state index contributed by atoms with van der Waals surface area (Å²) in [6.07, 6.45) is 0.924. The van der Waals surface area contributed by atoms with E-state index < -0.39 is 34.9 Å². The van der Waals surface area contributed by atoms with Crippen molar-refractivity contribution in [3.63, 3.8) is 0 Å². The molecule has 9 nitrogen and oxygen atoms in total. The van der Waals surface area contributed by atoms with E-state index in [1.165, 1.54) is 6.92 Å². The predicted molar refractivity (Wildman–Crippen MR) is 62.6 cm³/mol. The van der Waals surface area contributed by atoms with Gasteiger partial charge >= 0.3 is 5.97 Å². The molecule has 102 valence electrons. The molecule has 0 aliphatic heterocycles. The maximum atomic E-state index is 11.5. The number of pyridine rings is 1. The number of hydrogen-bond donors (Lipinski definition) is 2. The Balaban J connectivity index is 2.84. The van der Waals surface area contributed by atoms with Crippen LogP contribution in [0.1, 0.15) is 6.92 Å². The van der Waals surface area contributed by atoms with Crippen LogP contribution in [0.15, 0.2) is 23.1 Å². The van der Waals surface area contributed by atoms with Gasteiger partial charge in [0.05, 0.1) is 11.1 Å². The van der Waals surface area contributed by atoms with Gasteiger partial charge in [-0.05, 0) is 6.92 Å². The highest BCUT2D eigenvalue weighted by molar-refractivity contribution is 5.83. The van der Waals surface area contributed by atoms with Gasteiger partial charge in [-0.3, -0.25) is 29.1 Å². The second-order valence-electron chi connectivity index (χ2n) is 3.74. The zero-order chi connectivity index (χ0) is 14.6. The molecule has 0 aliphatic rings. The number of carbonyl (C=O) groups excluding carboxylic acids is 1. The molecule has 1 unspecified atom stereocenters. The number of hydrogen-bond acceptors (Lipinski definition) is 5. The Kier molecular flexibility index (Phi) is 4.35. The van der Waals surface area contributed by atoms with Crippen LogP contribution in [0.4, 0.5) is 5.69 Å². The van der Waals surface area contributed by atoms with Crippen molar-refractivity contribution in [2.45, 2.75) is 19.5 Å². The van der Waals surface area contributed by atoms with E-state index in [0.29, 0.717) is 0 Å². The second-order valence-corrected chi connectivity index (χ2v) is 3.74. The van der Waals surface area contributed by atoms with E-state index in [1.54, 1.807) is 0 Å². The first kappa shape index (κ1) is 14.4. The molecule has 1 amide bonds. The van der Waals surface area contributed by atoms with Crippen molar-refractivity contribution in [1.29, 1.82) is 0 Å². The maximum Gasteiger partial charge on any atom is 0.325 e. The summed E-state index contributed by atoms with van der Waals surface area (Å²) in [5.74, 6) is -1.95. The number of nitro groups is 1. The molecule has 0 aromatic carbocycles. The molecular formula is C10H11N3O6. The third-order valence-electron chi connectivity index (χ3n) is 2.24. The van der Waals surface area contributed by atoms with Crippen molar-refractivity contribution in [3.05, 3.63) is 38.8 Å². The summed E-state index contributed by atoms with van der Waals surface area (Å²) in [4.78, 5) is 43.2. The fourth-order valence-electron chi connectivity index (χ4n) is 1.25. The molecule has 2 N–H and O–H groups in total. The summed E-state index contributed by atoms with van der Waals surface area (Å²) in [7, 11) is 0. The molecule has 19 heavy (non-hydrogen) atoms. The van der Waals surface area contributed by atoms with Crippen molar-refractivity contribution in [3.8, 4) is 0 Å². The van der Waals surface area contributed by atoms with Crippen LogP contribution in [-0.2, 0) is 16.1 Å². The lowest BCUT2D eigenvalue weighted by Gasteiger charge is -2.10. The summed E-state index contributed by atoms with van der Waals surface area (Å²) < 4.78 is 0.835. The molecule has 0 spiro atoms. The Morgan fingerprint density at radius 1 is 1.53 bits per heavy atom. The highest BCUT2D eigenvalue weighted by atomic mass is 16.6. The minimum atomic E-state index is -1.22. The number of carbonyl (C=O) groups is 2. The lowest BCUT2D eigenvalue weighted by atomic mass is 10.3. The van der Waals surface area contributed by atoms with Gasteiger partial charge in [-0.1, -0.05) is 0 Å². The van der Waals surface area contributed by atoms with Gasteiger partial charge in [0.1, 0.15) is 12.6 Å². The molecule has 0 bridgehead atoms. The molecule has 0 aliphatic carbocycles. The van der Waals surface area contributed by atoms with Crippen LogP contribution < -0.4 is 10.9 Å². The van der Waals surface area contributed by atoms with Crippen LogP contribution in [0.5, 0.6) is 0 Å². The average Bonchev–Trinajstić information content (AvgIpc) is 2.31. The molecule has 1 rings (SSSR count). The zero-order valence-electron chi connectivity index (χ0n) is 9.90. The van der Waals surface area contributed by atoms with Crippen molar-refractivity contribution < 1.29 is 19.6 Å². The lowest BCUT2D eigenvalue weighted by molar-refractivity contribution is -0.385. The van der Waals surface area contributed by atoms with Crippen LogP contribution >= 0.6 is 0 Å². The van der Waals surface area contributed by atoms with Crippen LogP contribution in [0.25, 0.3) is 0 Å². The first-order valence-electron chi connectivity index (χ1n) is 5.18. The van der Waals surface area contributed by atoms with Gasteiger partial charge in [0.25, 0.3) is 11.2 Å². The number of carboxylic acids is 1.